The van der Waals surface area contributed by atoms with E-state index in [1.165, 1.54) is 14.0 Å². The maximum Gasteiger partial charge on any atom is 0.327 e. The molecule has 1 heterocycles. The number of ether oxygens (including phenoxy) is 1. The Bertz CT molecular complexity index is 583. The Labute approximate surface area is 144 Å². The Balaban J connectivity index is 2.20. The van der Waals surface area contributed by atoms with E-state index in [4.69, 9.17) is 16.3 Å². The second kappa shape index (κ2) is 8.15. The van der Waals surface area contributed by atoms with Crippen LogP contribution < -0.4 is 0 Å². The molecule has 0 amide bonds. The molecular formula is C16H20ClNO4S. The average molecular weight is 358 g/mol. The highest BCUT2D eigenvalue weighted by Gasteiger charge is 2.37. The molecule has 1 aliphatic rings. The van der Waals surface area contributed by atoms with Gasteiger partial charge in [0.15, 0.2) is 5.12 Å². The van der Waals surface area contributed by atoms with Gasteiger partial charge in [-0.05, 0) is 18.1 Å². The highest BCUT2D eigenvalue weighted by molar-refractivity contribution is 8.14. The zero-order valence-electron chi connectivity index (χ0n) is 13.1. The van der Waals surface area contributed by atoms with Crippen LogP contribution in [0.2, 0.25) is 5.02 Å². The lowest BCUT2D eigenvalue weighted by Gasteiger charge is -2.38. The number of carbonyl (C=O) groups is 2. The molecule has 126 valence electrons. The van der Waals surface area contributed by atoms with Gasteiger partial charge in [-0.25, -0.2) is 4.79 Å². The van der Waals surface area contributed by atoms with Crippen LogP contribution in [0.25, 0.3) is 0 Å². The molecule has 0 saturated carbocycles. The van der Waals surface area contributed by atoms with Gasteiger partial charge in [0.2, 0.25) is 0 Å². The monoisotopic (exact) mass is 357 g/mol. The molecule has 1 aromatic carbocycles. The van der Waals surface area contributed by atoms with Gasteiger partial charge in [-0.1, -0.05) is 41.6 Å². The van der Waals surface area contributed by atoms with Crippen molar-refractivity contribution in [1.82, 2.24) is 4.90 Å². The summed E-state index contributed by atoms with van der Waals surface area (Å²) >= 11 is 7.38. The lowest BCUT2D eigenvalue weighted by Crippen LogP contribution is -2.49. The van der Waals surface area contributed by atoms with Crippen molar-refractivity contribution in [3.63, 3.8) is 0 Å². The number of rotatable bonds is 4. The summed E-state index contributed by atoms with van der Waals surface area (Å²) in [6.07, 6.45) is -0.0732. The van der Waals surface area contributed by atoms with Gasteiger partial charge in [-0.3, -0.25) is 9.69 Å². The van der Waals surface area contributed by atoms with Gasteiger partial charge in [-0.2, -0.15) is 0 Å². The smallest absolute Gasteiger partial charge is 0.327 e. The highest BCUT2D eigenvalue weighted by atomic mass is 35.5. The third kappa shape index (κ3) is 4.47. The van der Waals surface area contributed by atoms with Crippen molar-refractivity contribution in [1.29, 1.82) is 0 Å². The van der Waals surface area contributed by atoms with E-state index in [1.54, 1.807) is 18.2 Å². The average Bonchev–Trinajstić information content (AvgIpc) is 2.51. The Kier molecular flexibility index (Phi) is 6.47. The number of β-amino-alcohol motifs (C(OH)–C–C–N with tert-alkyl or cyclic N) is 1. The Morgan fingerprint density at radius 3 is 2.70 bits per heavy atom. The number of aliphatic hydroxyl groups is 1. The van der Waals surface area contributed by atoms with Crippen LogP contribution in [0.15, 0.2) is 24.3 Å². The zero-order chi connectivity index (χ0) is 17.0. The van der Waals surface area contributed by atoms with Crippen molar-refractivity contribution in [3.05, 3.63) is 34.9 Å². The number of piperidine rings is 1. The molecule has 1 fully saturated rings. The predicted molar refractivity (Wildman–Crippen MR) is 90.5 cm³/mol. The van der Waals surface area contributed by atoms with Crippen molar-refractivity contribution in [3.8, 4) is 0 Å². The number of aliphatic hydroxyl groups excluding tert-OH is 1. The second-order valence-corrected chi connectivity index (χ2v) is 7.27. The van der Waals surface area contributed by atoms with Crippen molar-refractivity contribution < 1.29 is 19.4 Å². The zero-order valence-corrected chi connectivity index (χ0v) is 14.6. The minimum atomic E-state index is -0.688. The van der Waals surface area contributed by atoms with E-state index in [9.17, 15) is 14.7 Å². The Morgan fingerprint density at radius 1 is 1.43 bits per heavy atom. The molecule has 0 bridgehead atoms. The number of halogens is 1. The van der Waals surface area contributed by atoms with Crippen LogP contribution in [0, 0.1) is 0 Å². The van der Waals surface area contributed by atoms with Gasteiger partial charge in [-0.15, -0.1) is 0 Å². The first-order valence-electron chi connectivity index (χ1n) is 7.35. The summed E-state index contributed by atoms with van der Waals surface area (Å²) in [6, 6.07) is 6.46. The number of nitrogens with zero attached hydrogens (tertiary/aromatic N) is 1. The van der Waals surface area contributed by atoms with Crippen LogP contribution >= 0.6 is 23.4 Å². The van der Waals surface area contributed by atoms with E-state index in [0.29, 0.717) is 23.6 Å². The molecule has 7 heteroatoms. The number of hydrogen-bond acceptors (Lipinski definition) is 6. The molecule has 1 aromatic rings. The Hall–Kier alpha value is -1.08. The molecule has 1 aliphatic heterocycles. The van der Waals surface area contributed by atoms with E-state index in [1.807, 2.05) is 11.0 Å². The SMILES string of the molecule is COC(=O)C(c1ccccc1Cl)N1CCC(SC(C)=O)C(O)C1. The van der Waals surface area contributed by atoms with Gasteiger partial charge >= 0.3 is 5.97 Å². The lowest BCUT2D eigenvalue weighted by molar-refractivity contribution is -0.148. The molecule has 5 nitrogen and oxygen atoms in total. The van der Waals surface area contributed by atoms with E-state index in [0.717, 1.165) is 11.8 Å². The Morgan fingerprint density at radius 2 is 2.13 bits per heavy atom. The largest absolute Gasteiger partial charge is 0.468 e. The number of hydrogen-bond donors (Lipinski definition) is 1. The number of esters is 1. The standard InChI is InChI=1S/C16H20ClNO4S/c1-10(19)23-14-7-8-18(9-13(14)20)15(16(21)22-2)11-5-3-4-6-12(11)17/h3-6,13-15,20H,7-9H2,1-2H3. The molecule has 3 unspecified atom stereocenters. The quantitative estimate of drug-likeness (QED) is 0.834. The third-order valence-electron chi connectivity index (χ3n) is 3.86. The fraction of sp³-hybridized carbons (Fsp3) is 0.500. The van der Waals surface area contributed by atoms with Crippen molar-refractivity contribution in [2.24, 2.45) is 0 Å². The maximum absolute atomic E-state index is 12.3. The normalized spacial score (nSPS) is 23.3. The van der Waals surface area contributed by atoms with Gasteiger partial charge in [0.1, 0.15) is 6.04 Å². The van der Waals surface area contributed by atoms with Gasteiger partial charge in [0, 0.05) is 30.3 Å². The minimum Gasteiger partial charge on any atom is -0.468 e. The fourth-order valence-electron chi connectivity index (χ4n) is 2.80. The summed E-state index contributed by atoms with van der Waals surface area (Å²) in [7, 11) is 1.33. The maximum atomic E-state index is 12.3. The van der Waals surface area contributed by atoms with Crippen molar-refractivity contribution in [2.45, 2.75) is 30.7 Å². The fourth-order valence-corrected chi connectivity index (χ4v) is 3.93. The van der Waals surface area contributed by atoms with Crippen LogP contribution in [0.5, 0.6) is 0 Å². The number of likely N-dealkylation sites (tertiary alicyclic amines) is 1. The first-order valence-corrected chi connectivity index (χ1v) is 8.61. The van der Waals surface area contributed by atoms with Crippen LogP contribution in [0.3, 0.4) is 0 Å². The first-order chi connectivity index (χ1) is 10.9. The van der Waals surface area contributed by atoms with Crippen LogP contribution in [0.1, 0.15) is 24.9 Å². The number of benzene rings is 1. The highest BCUT2D eigenvalue weighted by Crippen LogP contribution is 2.33. The molecule has 23 heavy (non-hydrogen) atoms. The molecule has 1 N–H and O–H groups in total. The molecule has 0 aromatic heterocycles. The van der Waals surface area contributed by atoms with Crippen LogP contribution in [-0.4, -0.2) is 52.6 Å². The number of methoxy groups -OCH3 is 1. The van der Waals surface area contributed by atoms with Crippen molar-refractivity contribution in [2.75, 3.05) is 20.2 Å². The number of carbonyl (C=O) groups excluding carboxylic acids is 2. The van der Waals surface area contributed by atoms with E-state index < -0.39 is 18.1 Å². The predicted octanol–water partition coefficient (Wildman–Crippen LogP) is 2.27. The molecule has 0 spiro atoms. The first kappa shape index (κ1) is 18.3. The summed E-state index contributed by atoms with van der Waals surface area (Å²) in [4.78, 5) is 25.4. The topological polar surface area (TPSA) is 66.8 Å². The third-order valence-corrected chi connectivity index (χ3v) is 5.39. The number of thioether (sulfide) groups is 1. The second-order valence-electron chi connectivity index (χ2n) is 5.45. The minimum absolute atomic E-state index is 0.0156. The van der Waals surface area contributed by atoms with Gasteiger partial charge in [0.25, 0.3) is 0 Å². The molecular weight excluding hydrogens is 338 g/mol. The summed E-state index contributed by atoms with van der Waals surface area (Å²) in [5.41, 5.74) is 0.658. The van der Waals surface area contributed by atoms with Crippen molar-refractivity contribution >= 4 is 34.4 Å². The van der Waals surface area contributed by atoms with E-state index in [2.05, 4.69) is 0 Å². The molecule has 2 rings (SSSR count). The summed E-state index contributed by atoms with van der Waals surface area (Å²) < 4.78 is 4.92. The lowest BCUT2D eigenvalue weighted by atomic mass is 10.00. The molecule has 0 aliphatic carbocycles. The van der Waals surface area contributed by atoms with E-state index >= 15 is 0 Å². The van der Waals surface area contributed by atoms with Gasteiger partial charge < -0.3 is 9.84 Å². The molecule has 0 radical (unpaired) electrons. The summed E-state index contributed by atoms with van der Waals surface area (Å²) in [6.45, 7) is 2.35. The van der Waals surface area contributed by atoms with Crippen LogP contribution in [0.4, 0.5) is 0 Å². The summed E-state index contributed by atoms with van der Waals surface area (Å²) in [5.74, 6) is -0.414. The molecule has 1 saturated heterocycles. The summed E-state index contributed by atoms with van der Waals surface area (Å²) in [5, 5.41) is 10.6. The van der Waals surface area contributed by atoms with Crippen LogP contribution in [-0.2, 0) is 14.3 Å². The van der Waals surface area contributed by atoms with Gasteiger partial charge in [0.05, 0.1) is 13.2 Å². The molecule has 3 atom stereocenters. The van der Waals surface area contributed by atoms with E-state index in [-0.39, 0.29) is 16.9 Å².